The second kappa shape index (κ2) is 10.3. The van der Waals surface area contributed by atoms with Crippen molar-refractivity contribution in [2.75, 3.05) is 25.5 Å². The largest absolute Gasteiger partial charge is 0.454 e. The van der Waals surface area contributed by atoms with Crippen LogP contribution in [-0.4, -0.2) is 48.8 Å². The Balaban J connectivity index is 1.80. The van der Waals surface area contributed by atoms with Crippen LogP contribution < -0.4 is 16.0 Å². The Labute approximate surface area is 170 Å². The highest BCUT2D eigenvalue weighted by atomic mass is 16.6. The molecule has 0 unspecified atom stereocenters. The zero-order valence-corrected chi connectivity index (χ0v) is 15.8. The van der Waals surface area contributed by atoms with Gasteiger partial charge in [-0.3, -0.25) is 29.3 Å². The molecule has 11 nitrogen and oxygen atoms in total. The van der Waals surface area contributed by atoms with Crippen molar-refractivity contribution in [3.8, 4) is 0 Å². The van der Waals surface area contributed by atoms with Crippen LogP contribution >= 0.6 is 0 Å². The van der Waals surface area contributed by atoms with Gasteiger partial charge in [0.25, 0.3) is 23.4 Å². The van der Waals surface area contributed by atoms with E-state index in [9.17, 15) is 29.3 Å². The first-order valence-electron chi connectivity index (χ1n) is 8.60. The van der Waals surface area contributed by atoms with E-state index in [1.165, 1.54) is 31.3 Å². The average Bonchev–Trinajstić information content (AvgIpc) is 2.75. The van der Waals surface area contributed by atoms with Crippen LogP contribution in [0.2, 0.25) is 0 Å². The quantitative estimate of drug-likeness (QED) is 0.328. The van der Waals surface area contributed by atoms with E-state index in [0.29, 0.717) is 11.3 Å². The van der Waals surface area contributed by atoms with Crippen LogP contribution in [0.3, 0.4) is 0 Å². The van der Waals surface area contributed by atoms with Crippen molar-refractivity contribution < 1.29 is 28.8 Å². The van der Waals surface area contributed by atoms with E-state index in [2.05, 4.69) is 16.0 Å². The Morgan fingerprint density at radius 3 is 2.33 bits per heavy atom. The number of nitro benzene ring substituents is 1. The number of carbonyl (C=O) groups is 4. The maximum absolute atomic E-state index is 12.0. The number of anilines is 1. The lowest BCUT2D eigenvalue weighted by Crippen LogP contribution is -2.32. The van der Waals surface area contributed by atoms with Gasteiger partial charge in [0.15, 0.2) is 6.61 Å². The summed E-state index contributed by atoms with van der Waals surface area (Å²) < 4.78 is 4.77. The molecule has 0 aliphatic rings. The van der Waals surface area contributed by atoms with Crippen LogP contribution in [0.15, 0.2) is 48.5 Å². The summed E-state index contributed by atoms with van der Waals surface area (Å²) in [6, 6.07) is 11.2. The predicted octanol–water partition coefficient (Wildman–Crippen LogP) is 0.866. The average molecular weight is 414 g/mol. The number of ether oxygens (including phenoxy) is 1. The molecule has 2 aromatic rings. The molecule has 0 aliphatic heterocycles. The molecule has 0 bridgehead atoms. The Kier molecular flexibility index (Phi) is 7.57. The molecular weight excluding hydrogens is 396 g/mol. The summed E-state index contributed by atoms with van der Waals surface area (Å²) in [4.78, 5) is 57.2. The van der Waals surface area contributed by atoms with Gasteiger partial charge >= 0.3 is 5.97 Å². The molecule has 0 saturated heterocycles. The minimum atomic E-state index is -0.872. The summed E-state index contributed by atoms with van der Waals surface area (Å²) in [6.45, 7) is -1.13. The third-order valence-corrected chi connectivity index (χ3v) is 3.71. The summed E-state index contributed by atoms with van der Waals surface area (Å²) >= 11 is 0. The summed E-state index contributed by atoms with van der Waals surface area (Å²) in [5.41, 5.74) is 0.431. The van der Waals surface area contributed by atoms with Crippen LogP contribution in [-0.2, 0) is 14.3 Å². The number of nitrogens with one attached hydrogen (secondary N) is 3. The van der Waals surface area contributed by atoms with Crippen molar-refractivity contribution in [1.82, 2.24) is 10.6 Å². The number of nitrogens with zero attached hydrogens (tertiary/aromatic N) is 1. The second-order valence-corrected chi connectivity index (χ2v) is 5.86. The van der Waals surface area contributed by atoms with Gasteiger partial charge in [0.05, 0.1) is 4.92 Å². The van der Waals surface area contributed by atoms with Gasteiger partial charge in [-0.1, -0.05) is 12.1 Å². The number of benzene rings is 2. The Bertz CT molecular complexity index is 990. The molecule has 0 aliphatic carbocycles. The Morgan fingerprint density at radius 1 is 1.00 bits per heavy atom. The Hall–Kier alpha value is -4.28. The minimum absolute atomic E-state index is 0.00532. The van der Waals surface area contributed by atoms with Gasteiger partial charge in [0.2, 0.25) is 0 Å². The van der Waals surface area contributed by atoms with Crippen LogP contribution in [0.4, 0.5) is 11.4 Å². The van der Waals surface area contributed by atoms with E-state index in [1.54, 1.807) is 18.2 Å². The van der Waals surface area contributed by atoms with E-state index in [4.69, 9.17) is 4.74 Å². The molecule has 3 N–H and O–H groups in total. The maximum Gasteiger partial charge on any atom is 0.325 e. The maximum atomic E-state index is 12.0. The third kappa shape index (κ3) is 6.41. The third-order valence-electron chi connectivity index (χ3n) is 3.71. The molecule has 0 spiro atoms. The zero-order chi connectivity index (χ0) is 22.1. The molecule has 0 atom stereocenters. The number of hydrogen-bond acceptors (Lipinski definition) is 7. The van der Waals surface area contributed by atoms with Crippen LogP contribution in [0.25, 0.3) is 0 Å². The van der Waals surface area contributed by atoms with Crippen molar-refractivity contribution in [3.05, 3.63) is 69.8 Å². The monoisotopic (exact) mass is 414 g/mol. The minimum Gasteiger partial charge on any atom is -0.454 e. The van der Waals surface area contributed by atoms with Crippen molar-refractivity contribution in [3.63, 3.8) is 0 Å². The van der Waals surface area contributed by atoms with E-state index in [-0.39, 0.29) is 17.2 Å². The van der Waals surface area contributed by atoms with E-state index in [1.807, 2.05) is 0 Å². The molecule has 0 fully saturated rings. The van der Waals surface area contributed by atoms with E-state index >= 15 is 0 Å². The van der Waals surface area contributed by atoms with Crippen molar-refractivity contribution in [1.29, 1.82) is 0 Å². The lowest BCUT2D eigenvalue weighted by atomic mass is 10.2. The molecular formula is C19H18N4O7. The van der Waals surface area contributed by atoms with Crippen molar-refractivity contribution in [2.24, 2.45) is 0 Å². The van der Waals surface area contributed by atoms with Gasteiger partial charge in [0, 0.05) is 36.0 Å². The number of amides is 3. The number of hydrogen-bond donors (Lipinski definition) is 3. The van der Waals surface area contributed by atoms with Gasteiger partial charge in [-0.15, -0.1) is 0 Å². The molecule has 0 aromatic heterocycles. The second-order valence-electron chi connectivity index (χ2n) is 5.86. The molecule has 0 saturated carbocycles. The summed E-state index contributed by atoms with van der Waals surface area (Å²) in [5.74, 6) is -2.53. The molecule has 3 amide bonds. The number of rotatable bonds is 8. The van der Waals surface area contributed by atoms with Crippen LogP contribution in [0.5, 0.6) is 0 Å². The fourth-order valence-corrected chi connectivity index (χ4v) is 2.29. The van der Waals surface area contributed by atoms with Gasteiger partial charge in [-0.25, -0.2) is 0 Å². The zero-order valence-electron chi connectivity index (χ0n) is 15.8. The first-order chi connectivity index (χ1) is 14.3. The molecule has 30 heavy (non-hydrogen) atoms. The highest BCUT2D eigenvalue weighted by molar-refractivity contribution is 5.98. The fourth-order valence-electron chi connectivity index (χ4n) is 2.29. The normalized spacial score (nSPS) is 9.90. The molecule has 11 heteroatoms. The van der Waals surface area contributed by atoms with Crippen molar-refractivity contribution >= 4 is 35.1 Å². The fraction of sp³-hybridized carbons (Fsp3) is 0.158. The van der Waals surface area contributed by atoms with Crippen molar-refractivity contribution in [2.45, 2.75) is 0 Å². The molecule has 2 rings (SSSR count). The number of esters is 1. The van der Waals surface area contributed by atoms with Crippen LogP contribution in [0, 0.1) is 10.1 Å². The highest BCUT2D eigenvalue weighted by Gasteiger charge is 2.14. The lowest BCUT2D eigenvalue weighted by molar-refractivity contribution is -0.384. The highest BCUT2D eigenvalue weighted by Crippen LogP contribution is 2.13. The molecule has 156 valence electrons. The molecule has 2 aromatic carbocycles. The standard InChI is InChI=1S/C19H18N4O7/c1-20-18(26)12-4-2-6-14(8-12)22-16(24)11-30-17(25)10-21-19(27)13-5-3-7-15(9-13)23(28)29/h2-9H,10-11H2,1H3,(H,20,26)(H,21,27)(H,22,24). The Morgan fingerprint density at radius 2 is 1.67 bits per heavy atom. The van der Waals surface area contributed by atoms with Gasteiger partial charge in [-0.05, 0) is 24.3 Å². The summed E-state index contributed by atoms with van der Waals surface area (Å²) in [7, 11) is 1.48. The molecule has 0 heterocycles. The first-order valence-corrected chi connectivity index (χ1v) is 8.60. The number of non-ortho nitro benzene ring substituents is 1. The van der Waals surface area contributed by atoms with Gasteiger partial charge in [0.1, 0.15) is 6.54 Å². The number of carbonyl (C=O) groups excluding carboxylic acids is 4. The predicted molar refractivity (Wildman–Crippen MR) is 105 cm³/mol. The number of nitro groups is 1. The topological polar surface area (TPSA) is 157 Å². The van der Waals surface area contributed by atoms with Gasteiger partial charge in [-0.2, -0.15) is 0 Å². The van der Waals surface area contributed by atoms with E-state index < -0.39 is 35.9 Å². The lowest BCUT2D eigenvalue weighted by Gasteiger charge is -2.08. The molecule has 0 radical (unpaired) electrons. The van der Waals surface area contributed by atoms with Crippen LogP contribution in [0.1, 0.15) is 20.7 Å². The van der Waals surface area contributed by atoms with E-state index in [0.717, 1.165) is 6.07 Å². The smallest absolute Gasteiger partial charge is 0.325 e. The SMILES string of the molecule is CNC(=O)c1cccc(NC(=O)COC(=O)CNC(=O)c2cccc([N+](=O)[O-])c2)c1. The first kappa shape index (κ1) is 22.0. The summed E-state index contributed by atoms with van der Waals surface area (Å²) in [6.07, 6.45) is 0. The van der Waals surface area contributed by atoms with Gasteiger partial charge < -0.3 is 20.7 Å². The summed E-state index contributed by atoms with van der Waals surface area (Å²) in [5, 5.41) is 17.9.